The third-order valence-electron chi connectivity index (χ3n) is 11.1. The van der Waals surface area contributed by atoms with E-state index in [2.05, 4.69) is 21.3 Å². The molecule has 16 nitrogen and oxygen atoms in total. The van der Waals surface area contributed by atoms with Crippen molar-refractivity contribution in [3.8, 4) is 33.8 Å². The highest BCUT2D eigenvalue weighted by molar-refractivity contribution is 6.30. The zero-order chi connectivity index (χ0) is 47.2. The van der Waals surface area contributed by atoms with E-state index in [0.29, 0.717) is 63.7 Å². The van der Waals surface area contributed by atoms with E-state index in [1.165, 1.54) is 32.7 Å². The van der Waals surface area contributed by atoms with Crippen molar-refractivity contribution in [3.05, 3.63) is 107 Å². The van der Waals surface area contributed by atoms with Gasteiger partial charge in [-0.05, 0) is 117 Å². The summed E-state index contributed by atoms with van der Waals surface area (Å²) in [6, 6.07) is 18.8. The minimum atomic E-state index is -1.37. The highest BCUT2D eigenvalue weighted by atomic mass is 35.5. The van der Waals surface area contributed by atoms with Crippen LogP contribution in [0.5, 0.6) is 11.5 Å². The SMILES string of the molecule is CC(=O)[C@H](C)NC(=O)[C@@H]1Cc2ccc(OCCN)c(c2)-c2cc(ccc2OCCN)[C@H](N(C)C(=O)[C@H](CCCCN)NC(=O)c2ccc(-c3ccc(Cl)cc3)cc2)C(=O)N[C@@H](C)C(=O)N1. The van der Waals surface area contributed by atoms with E-state index in [0.717, 1.165) is 11.1 Å². The third kappa shape index (κ3) is 13.1. The zero-order valence-corrected chi connectivity index (χ0v) is 37.9. The summed E-state index contributed by atoms with van der Waals surface area (Å²) in [4.78, 5) is 84.2. The summed E-state index contributed by atoms with van der Waals surface area (Å²) in [5.74, 6) is -2.62. The molecule has 0 aromatic heterocycles. The Morgan fingerprint density at radius 1 is 0.785 bits per heavy atom. The predicted molar refractivity (Wildman–Crippen MR) is 249 cm³/mol. The molecule has 17 heteroatoms. The summed E-state index contributed by atoms with van der Waals surface area (Å²) in [7, 11) is 1.45. The van der Waals surface area contributed by atoms with Gasteiger partial charge < -0.3 is 52.8 Å². The van der Waals surface area contributed by atoms with Gasteiger partial charge in [0.15, 0.2) is 5.78 Å². The minimum Gasteiger partial charge on any atom is -0.492 e. The predicted octanol–water partition coefficient (Wildman–Crippen LogP) is 3.42. The van der Waals surface area contributed by atoms with Crippen LogP contribution < -0.4 is 47.9 Å². The quantitative estimate of drug-likeness (QED) is 0.0713. The molecule has 4 aromatic rings. The maximum atomic E-state index is 14.8. The van der Waals surface area contributed by atoms with E-state index in [1.54, 1.807) is 72.8 Å². The van der Waals surface area contributed by atoms with E-state index in [1.807, 2.05) is 12.1 Å². The number of fused-ring (bicyclic) bond motifs is 5. The van der Waals surface area contributed by atoms with Gasteiger partial charge in [0.2, 0.25) is 23.6 Å². The molecule has 10 N–H and O–H groups in total. The van der Waals surface area contributed by atoms with Gasteiger partial charge in [-0.2, -0.15) is 0 Å². The molecule has 65 heavy (non-hydrogen) atoms. The molecule has 5 atom stereocenters. The Morgan fingerprint density at radius 3 is 1.98 bits per heavy atom. The van der Waals surface area contributed by atoms with Crippen LogP contribution in [-0.2, 0) is 30.4 Å². The van der Waals surface area contributed by atoms with Gasteiger partial charge in [0, 0.05) is 48.3 Å². The molecule has 0 saturated heterocycles. The molecule has 0 spiro atoms. The molecule has 0 fully saturated rings. The average molecular weight is 912 g/mol. The van der Waals surface area contributed by atoms with E-state index in [-0.39, 0.29) is 44.9 Å². The van der Waals surface area contributed by atoms with Gasteiger partial charge >= 0.3 is 0 Å². The molecule has 1 aliphatic rings. The first-order valence-corrected chi connectivity index (χ1v) is 22.0. The number of unbranched alkanes of at least 4 members (excludes halogenated alkanes) is 1. The van der Waals surface area contributed by atoms with Crippen molar-refractivity contribution in [3.63, 3.8) is 0 Å². The summed E-state index contributed by atoms with van der Waals surface area (Å²) in [6.07, 6.45) is 1.27. The summed E-state index contributed by atoms with van der Waals surface area (Å²) in [5, 5.41) is 11.7. The van der Waals surface area contributed by atoms with Gasteiger partial charge in [0.1, 0.15) is 48.9 Å². The van der Waals surface area contributed by atoms with E-state index < -0.39 is 59.7 Å². The van der Waals surface area contributed by atoms with Crippen molar-refractivity contribution in [1.82, 2.24) is 26.2 Å². The van der Waals surface area contributed by atoms with Crippen molar-refractivity contribution in [2.24, 2.45) is 17.2 Å². The Bertz CT molecular complexity index is 2330. The molecule has 0 radical (unpaired) electrons. The maximum absolute atomic E-state index is 14.8. The first-order valence-electron chi connectivity index (χ1n) is 21.6. The number of nitrogens with two attached hydrogens (primary N) is 3. The van der Waals surface area contributed by atoms with Crippen LogP contribution in [0, 0.1) is 0 Å². The fourth-order valence-corrected chi connectivity index (χ4v) is 7.45. The molecule has 1 heterocycles. The molecule has 5 rings (SSSR count). The Hall–Kier alpha value is -6.33. The molecule has 4 bridgehead atoms. The number of ether oxygens (including phenoxy) is 2. The van der Waals surface area contributed by atoms with Gasteiger partial charge in [-0.3, -0.25) is 28.8 Å². The van der Waals surface area contributed by atoms with Crippen molar-refractivity contribution < 1.29 is 38.2 Å². The molecular weight excluding hydrogens is 852 g/mol. The Labute approximate surface area is 384 Å². The van der Waals surface area contributed by atoms with Crippen molar-refractivity contribution in [1.29, 1.82) is 0 Å². The van der Waals surface area contributed by atoms with E-state index in [4.69, 9.17) is 38.3 Å². The number of Topliss-reactive ketones (excluding diaryl/α,β-unsaturated/α-hetero) is 1. The first-order chi connectivity index (χ1) is 31.1. The lowest BCUT2D eigenvalue weighted by atomic mass is 9.93. The number of ketones is 1. The molecule has 4 aromatic carbocycles. The highest BCUT2D eigenvalue weighted by Crippen LogP contribution is 2.40. The van der Waals surface area contributed by atoms with Crippen LogP contribution in [-0.4, -0.2) is 104 Å². The molecule has 0 saturated carbocycles. The van der Waals surface area contributed by atoms with Crippen LogP contribution in [0.15, 0.2) is 84.9 Å². The molecule has 5 amide bonds. The van der Waals surface area contributed by atoms with Gasteiger partial charge in [-0.15, -0.1) is 0 Å². The molecule has 0 unspecified atom stereocenters. The molecule has 0 aliphatic carbocycles. The average Bonchev–Trinajstić information content (AvgIpc) is 3.29. The standard InChI is InChI=1S/C48H59ClN8O8/c1-28(30(3)58)53-46(61)40-26-31-8-18-41(64-23-21-51)37(25-31)38-27-35(15-19-42(38)65-24-22-52)43(47(62)54-29(2)44(59)56-40)57(4)48(63)39(7-5-6-20-50)55-45(60)34-11-9-32(10-12-34)33-13-16-36(49)17-14-33/h8-19,25,27-29,39-40,43H,5-7,20-24,26,50-52H2,1-4H3,(H,53,61)(H,54,62)(H,55,60)(H,56,59)/t28-,29-,39-,40-,43-/m0/s1. The van der Waals surface area contributed by atoms with Crippen LogP contribution in [0.2, 0.25) is 5.02 Å². The number of halogens is 1. The monoisotopic (exact) mass is 910 g/mol. The first kappa shape index (κ1) is 49.7. The zero-order valence-electron chi connectivity index (χ0n) is 37.2. The van der Waals surface area contributed by atoms with Crippen molar-refractivity contribution in [2.75, 3.05) is 39.9 Å². The highest BCUT2D eigenvalue weighted by Gasteiger charge is 2.36. The number of nitrogens with one attached hydrogen (secondary N) is 4. The lowest BCUT2D eigenvalue weighted by molar-refractivity contribution is -0.141. The lowest BCUT2D eigenvalue weighted by Gasteiger charge is -2.33. The van der Waals surface area contributed by atoms with Crippen LogP contribution >= 0.6 is 11.6 Å². The van der Waals surface area contributed by atoms with Crippen LogP contribution in [0.25, 0.3) is 22.3 Å². The summed E-state index contributed by atoms with van der Waals surface area (Å²) >= 11 is 6.07. The molecule has 1 aliphatic heterocycles. The maximum Gasteiger partial charge on any atom is 0.251 e. The van der Waals surface area contributed by atoms with Crippen LogP contribution in [0.1, 0.15) is 67.6 Å². The smallest absolute Gasteiger partial charge is 0.251 e. The second-order valence-electron chi connectivity index (χ2n) is 15.9. The Kier molecular flexibility index (Phi) is 18.0. The van der Waals surface area contributed by atoms with Crippen molar-refractivity contribution >= 4 is 46.9 Å². The molecular formula is C48H59ClN8O8. The van der Waals surface area contributed by atoms with Gasteiger partial charge in [-0.25, -0.2) is 0 Å². The van der Waals surface area contributed by atoms with Gasteiger partial charge in [-0.1, -0.05) is 48.0 Å². The normalized spacial score (nSPS) is 17.0. The Balaban J connectivity index is 1.59. The topological polar surface area (TPSA) is 250 Å². The summed E-state index contributed by atoms with van der Waals surface area (Å²) in [5.41, 5.74) is 21.5. The number of rotatable bonds is 18. The number of carbonyl (C=O) groups excluding carboxylic acids is 6. The second-order valence-corrected chi connectivity index (χ2v) is 16.4. The number of hydrogen-bond acceptors (Lipinski definition) is 11. The summed E-state index contributed by atoms with van der Waals surface area (Å²) in [6.45, 7) is 5.38. The fourth-order valence-electron chi connectivity index (χ4n) is 7.32. The van der Waals surface area contributed by atoms with Gasteiger partial charge in [0.05, 0.1) is 6.04 Å². The van der Waals surface area contributed by atoms with Crippen LogP contribution in [0.3, 0.4) is 0 Å². The van der Waals surface area contributed by atoms with Crippen LogP contribution in [0.4, 0.5) is 0 Å². The van der Waals surface area contributed by atoms with E-state index >= 15 is 0 Å². The largest absolute Gasteiger partial charge is 0.492 e. The van der Waals surface area contributed by atoms with Crippen molar-refractivity contribution in [2.45, 2.75) is 76.7 Å². The summed E-state index contributed by atoms with van der Waals surface area (Å²) < 4.78 is 12.2. The Morgan fingerprint density at radius 2 is 1.38 bits per heavy atom. The number of hydrogen-bond donors (Lipinski definition) is 7. The fraction of sp³-hybridized carbons (Fsp3) is 0.375. The van der Waals surface area contributed by atoms with Gasteiger partial charge in [0.25, 0.3) is 5.91 Å². The second kappa shape index (κ2) is 23.6. The number of benzene rings is 4. The number of likely N-dealkylation sites (N-methyl/N-ethyl adjacent to an activating group) is 1. The number of carbonyl (C=O) groups is 6. The third-order valence-corrected chi connectivity index (χ3v) is 11.3. The minimum absolute atomic E-state index is 0.00462. The lowest BCUT2D eigenvalue weighted by Crippen LogP contribution is -2.56. The molecule has 346 valence electrons. The van der Waals surface area contributed by atoms with E-state index in [9.17, 15) is 28.8 Å². The number of amides is 5. The number of nitrogens with zero attached hydrogens (tertiary/aromatic N) is 1.